The molecule has 0 unspecified atom stereocenters. The third kappa shape index (κ3) is 5.14. The molecule has 0 atom stereocenters. The van der Waals surface area contributed by atoms with E-state index in [1.54, 1.807) is 30.3 Å². The fourth-order valence-corrected chi connectivity index (χ4v) is 4.55. The monoisotopic (exact) mass is 449 g/mol. The van der Waals surface area contributed by atoms with Gasteiger partial charge < -0.3 is 14.0 Å². The molecule has 0 radical (unpaired) electrons. The maximum absolute atomic E-state index is 12.7. The minimum absolute atomic E-state index is 0.0117. The number of nitrogens with zero attached hydrogens (tertiary/aromatic N) is 2. The number of carbonyl (C=O) groups is 1. The number of hydrogen-bond acceptors (Lipinski definition) is 6. The Morgan fingerprint density at radius 2 is 1.87 bits per heavy atom. The molecule has 1 aromatic heterocycles. The molecule has 160 valence electrons. The molecule has 0 aliphatic rings. The molecule has 0 aliphatic carbocycles. The van der Waals surface area contributed by atoms with Gasteiger partial charge in [0.1, 0.15) is 5.75 Å². The number of sulfonamides is 1. The van der Waals surface area contributed by atoms with Crippen LogP contribution in [-0.4, -0.2) is 38.7 Å². The van der Waals surface area contributed by atoms with Gasteiger partial charge in [-0.25, -0.2) is 13.6 Å². The summed E-state index contributed by atoms with van der Waals surface area (Å²) in [4.78, 5) is 17.5. The molecule has 0 aliphatic heterocycles. The second-order valence-corrected chi connectivity index (χ2v) is 8.85. The molecule has 3 rings (SSSR count). The number of amides is 1. The van der Waals surface area contributed by atoms with Crippen LogP contribution >= 0.6 is 11.3 Å². The van der Waals surface area contributed by atoms with Crippen molar-refractivity contribution in [2.45, 2.75) is 25.3 Å². The predicted molar refractivity (Wildman–Crippen MR) is 115 cm³/mol. The van der Waals surface area contributed by atoms with Crippen molar-refractivity contribution in [3.63, 3.8) is 0 Å². The highest BCUT2D eigenvalue weighted by atomic mass is 32.2. The summed E-state index contributed by atoms with van der Waals surface area (Å²) < 4.78 is 36.7. The Hall–Kier alpha value is -2.53. The molecule has 10 heteroatoms. The molecule has 0 bridgehead atoms. The number of rotatable bonds is 8. The highest BCUT2D eigenvalue weighted by molar-refractivity contribution is 7.89. The lowest BCUT2D eigenvalue weighted by Crippen LogP contribution is -2.19. The molecule has 0 saturated carbocycles. The summed E-state index contributed by atoms with van der Waals surface area (Å²) in [6.45, 7) is 5.80. The third-order valence-electron chi connectivity index (χ3n) is 4.26. The molecule has 8 nitrogen and oxygen atoms in total. The van der Waals surface area contributed by atoms with Gasteiger partial charge in [0.2, 0.25) is 10.0 Å². The summed E-state index contributed by atoms with van der Waals surface area (Å²) in [5, 5.41) is 5.24. The van der Waals surface area contributed by atoms with Gasteiger partial charge in [-0.05, 0) is 56.3 Å². The SMILES string of the molecule is CCOCCn1c(=NC(=O)c2ccc(OCC)cc2)sc2cc(S(N)(=O)=O)ccc21. The van der Waals surface area contributed by atoms with Crippen LogP contribution in [0, 0.1) is 0 Å². The topological polar surface area (TPSA) is 113 Å². The van der Waals surface area contributed by atoms with E-state index in [1.807, 2.05) is 18.4 Å². The normalized spacial score (nSPS) is 12.4. The minimum Gasteiger partial charge on any atom is -0.494 e. The second-order valence-electron chi connectivity index (χ2n) is 6.28. The smallest absolute Gasteiger partial charge is 0.279 e. The fraction of sp³-hybridized carbons (Fsp3) is 0.300. The van der Waals surface area contributed by atoms with E-state index in [2.05, 4.69) is 4.99 Å². The van der Waals surface area contributed by atoms with Gasteiger partial charge in [-0.15, -0.1) is 0 Å². The van der Waals surface area contributed by atoms with Crippen LogP contribution in [0.3, 0.4) is 0 Å². The van der Waals surface area contributed by atoms with Crippen molar-refractivity contribution in [3.05, 3.63) is 52.8 Å². The first-order valence-corrected chi connectivity index (χ1v) is 11.8. The number of aromatic nitrogens is 1. The number of nitrogens with two attached hydrogens (primary N) is 1. The molecule has 1 heterocycles. The average Bonchev–Trinajstić information content (AvgIpc) is 3.04. The lowest BCUT2D eigenvalue weighted by Gasteiger charge is -2.06. The number of fused-ring (bicyclic) bond motifs is 1. The lowest BCUT2D eigenvalue weighted by atomic mass is 10.2. The van der Waals surface area contributed by atoms with Crippen molar-refractivity contribution in [2.75, 3.05) is 19.8 Å². The Morgan fingerprint density at radius 3 is 2.50 bits per heavy atom. The van der Waals surface area contributed by atoms with Crippen molar-refractivity contribution < 1.29 is 22.7 Å². The molecule has 0 spiro atoms. The lowest BCUT2D eigenvalue weighted by molar-refractivity contribution is 0.0996. The predicted octanol–water partition coefficient (Wildman–Crippen LogP) is 2.53. The van der Waals surface area contributed by atoms with E-state index in [4.69, 9.17) is 14.6 Å². The van der Waals surface area contributed by atoms with Crippen molar-refractivity contribution in [3.8, 4) is 5.75 Å². The van der Waals surface area contributed by atoms with Gasteiger partial charge >= 0.3 is 0 Å². The van der Waals surface area contributed by atoms with Crippen LogP contribution < -0.4 is 14.7 Å². The van der Waals surface area contributed by atoms with Gasteiger partial charge in [-0.2, -0.15) is 4.99 Å². The Labute approximate surface area is 178 Å². The summed E-state index contributed by atoms with van der Waals surface area (Å²) in [5.41, 5.74) is 1.18. The van der Waals surface area contributed by atoms with Crippen molar-refractivity contribution in [2.24, 2.45) is 10.1 Å². The quantitative estimate of drug-likeness (QED) is 0.531. The van der Waals surface area contributed by atoms with E-state index >= 15 is 0 Å². The number of thiazole rings is 1. The molecule has 2 N–H and O–H groups in total. The molecule has 0 saturated heterocycles. The molecule has 3 aromatic rings. The molecule has 1 amide bonds. The first-order chi connectivity index (χ1) is 14.3. The van der Waals surface area contributed by atoms with Gasteiger partial charge in [-0.1, -0.05) is 11.3 Å². The summed E-state index contributed by atoms with van der Waals surface area (Å²) in [6, 6.07) is 11.4. The molecule has 0 fully saturated rings. The third-order valence-corrected chi connectivity index (χ3v) is 6.21. The van der Waals surface area contributed by atoms with Crippen LogP contribution in [0.5, 0.6) is 5.75 Å². The summed E-state index contributed by atoms with van der Waals surface area (Å²) in [5.74, 6) is 0.277. The average molecular weight is 450 g/mol. The zero-order valence-electron chi connectivity index (χ0n) is 16.7. The first-order valence-electron chi connectivity index (χ1n) is 9.39. The van der Waals surface area contributed by atoms with Crippen LogP contribution in [0.25, 0.3) is 10.2 Å². The summed E-state index contributed by atoms with van der Waals surface area (Å²) in [6.07, 6.45) is 0. The van der Waals surface area contributed by atoms with Gasteiger partial charge in [-0.3, -0.25) is 4.79 Å². The maximum Gasteiger partial charge on any atom is 0.279 e. The number of hydrogen-bond donors (Lipinski definition) is 1. The van der Waals surface area contributed by atoms with Crippen LogP contribution in [0.4, 0.5) is 0 Å². The van der Waals surface area contributed by atoms with Crippen LogP contribution in [0.1, 0.15) is 24.2 Å². The van der Waals surface area contributed by atoms with E-state index < -0.39 is 15.9 Å². The molecular formula is C20H23N3O5S2. The van der Waals surface area contributed by atoms with Gasteiger partial charge in [0.25, 0.3) is 5.91 Å². The summed E-state index contributed by atoms with van der Waals surface area (Å²) in [7, 11) is -3.83. The molecular weight excluding hydrogens is 426 g/mol. The van der Waals surface area contributed by atoms with E-state index in [1.165, 1.54) is 23.5 Å². The minimum atomic E-state index is -3.83. The Balaban J connectivity index is 2.05. The van der Waals surface area contributed by atoms with Crippen LogP contribution in [-0.2, 0) is 21.3 Å². The Morgan fingerprint density at radius 1 is 1.13 bits per heavy atom. The molecule has 2 aromatic carbocycles. The second kappa shape index (κ2) is 9.52. The highest BCUT2D eigenvalue weighted by Crippen LogP contribution is 2.21. The number of ether oxygens (including phenoxy) is 2. The number of primary sulfonamides is 1. The maximum atomic E-state index is 12.7. The van der Waals surface area contributed by atoms with E-state index in [9.17, 15) is 13.2 Å². The zero-order chi connectivity index (χ0) is 21.7. The largest absolute Gasteiger partial charge is 0.494 e. The standard InChI is InChI=1S/C20H23N3O5S2/c1-3-27-12-11-23-17-10-9-16(30(21,25)26)13-18(17)29-20(23)22-19(24)14-5-7-15(8-6-14)28-4-2/h5-10,13H,3-4,11-12H2,1-2H3,(H2,21,25,26). The number of benzene rings is 2. The van der Waals surface area contributed by atoms with Crippen molar-refractivity contribution >= 4 is 37.5 Å². The van der Waals surface area contributed by atoms with Crippen LogP contribution in [0.15, 0.2) is 52.4 Å². The van der Waals surface area contributed by atoms with Crippen LogP contribution in [0.2, 0.25) is 0 Å². The number of carbonyl (C=O) groups excluding carboxylic acids is 1. The fourth-order valence-electron chi connectivity index (χ4n) is 2.84. The van der Waals surface area contributed by atoms with Gasteiger partial charge in [0, 0.05) is 18.7 Å². The zero-order valence-corrected chi connectivity index (χ0v) is 18.3. The van der Waals surface area contributed by atoms with Gasteiger partial charge in [0.05, 0.1) is 28.3 Å². The van der Waals surface area contributed by atoms with Crippen molar-refractivity contribution in [1.82, 2.24) is 4.57 Å². The van der Waals surface area contributed by atoms with E-state index in [0.29, 0.717) is 47.2 Å². The Kier molecular flexibility index (Phi) is 7.03. The van der Waals surface area contributed by atoms with E-state index in [0.717, 1.165) is 5.52 Å². The molecule has 30 heavy (non-hydrogen) atoms. The highest BCUT2D eigenvalue weighted by Gasteiger charge is 2.14. The van der Waals surface area contributed by atoms with E-state index in [-0.39, 0.29) is 4.90 Å². The first kappa shape index (κ1) is 22.2. The Bertz CT molecular complexity index is 1210. The summed E-state index contributed by atoms with van der Waals surface area (Å²) >= 11 is 1.22. The van der Waals surface area contributed by atoms with Crippen molar-refractivity contribution in [1.29, 1.82) is 0 Å². The van der Waals surface area contributed by atoms with Gasteiger partial charge in [0.15, 0.2) is 4.80 Å².